The van der Waals surface area contributed by atoms with E-state index in [1.54, 1.807) is 0 Å². The van der Waals surface area contributed by atoms with E-state index in [2.05, 4.69) is 56.4 Å². The number of hydrogen-bond donors (Lipinski definition) is 4. The maximum atomic E-state index is 12.6. The summed E-state index contributed by atoms with van der Waals surface area (Å²) in [5.41, 5.74) is 5.33. The summed E-state index contributed by atoms with van der Waals surface area (Å²) in [6, 6.07) is 0. The van der Waals surface area contributed by atoms with Gasteiger partial charge in [0, 0.05) is 19.4 Å². The third-order valence-corrected chi connectivity index (χ3v) is 10.1. The number of carbonyl (C=O) groups excluding carboxylic acids is 2. The van der Waals surface area contributed by atoms with Crippen LogP contribution in [0.1, 0.15) is 168 Å². The molecular weight excluding hydrogens is 745 g/mol. The first kappa shape index (κ1) is 54.6. The van der Waals surface area contributed by atoms with E-state index in [4.69, 9.17) is 24.3 Å². The highest BCUT2D eigenvalue weighted by atomic mass is 31.2. The lowest BCUT2D eigenvalue weighted by Gasteiger charge is -2.20. The fourth-order valence-corrected chi connectivity index (χ4v) is 6.48. The normalized spacial score (nSPS) is 15.0. The highest BCUT2D eigenvalue weighted by Gasteiger charge is 2.26. The fourth-order valence-electron chi connectivity index (χ4n) is 5.72. The van der Waals surface area contributed by atoms with Crippen LogP contribution in [0.3, 0.4) is 0 Å². The third kappa shape index (κ3) is 38.9. The van der Waals surface area contributed by atoms with Gasteiger partial charge >= 0.3 is 19.8 Å². The Labute approximate surface area is 345 Å². The average molecular weight is 826 g/mol. The molecule has 0 radical (unpaired) electrons. The van der Waals surface area contributed by atoms with Gasteiger partial charge in [-0.1, -0.05) is 139 Å². The van der Waals surface area contributed by atoms with Crippen molar-refractivity contribution < 1.29 is 47.8 Å². The second-order valence-corrected chi connectivity index (χ2v) is 15.9. The number of hydrogen-bond acceptors (Lipinski definition) is 10. The highest BCUT2D eigenvalue weighted by Crippen LogP contribution is 2.43. The molecular formula is C45H80NO10P. The summed E-state index contributed by atoms with van der Waals surface area (Å²) in [6.45, 7) is 3.26. The van der Waals surface area contributed by atoms with Gasteiger partial charge in [0.25, 0.3) is 0 Å². The molecule has 0 aromatic heterocycles. The van der Waals surface area contributed by atoms with Gasteiger partial charge in [0.05, 0.1) is 25.4 Å². The number of phosphoric acid groups is 1. The van der Waals surface area contributed by atoms with Crippen molar-refractivity contribution in [1.29, 1.82) is 0 Å². The van der Waals surface area contributed by atoms with Crippen molar-refractivity contribution in [1.82, 2.24) is 0 Å². The molecule has 0 fully saturated rings. The molecule has 0 aliphatic rings. The van der Waals surface area contributed by atoms with Crippen LogP contribution in [0.4, 0.5) is 0 Å². The van der Waals surface area contributed by atoms with E-state index >= 15 is 0 Å². The SMILES string of the molecule is CC/C=C\C/C=C\C/C=C\C/C=C\C[C@@H](O)[C@H](O)CCCC(=O)O[C@H](COC(=O)CCCCCCCCC/C=C\CCCCCCCC)COP(=O)(O)OCCN. The van der Waals surface area contributed by atoms with E-state index in [9.17, 15) is 29.3 Å². The van der Waals surface area contributed by atoms with Gasteiger partial charge < -0.3 is 30.3 Å². The molecule has 0 rings (SSSR count). The van der Waals surface area contributed by atoms with E-state index in [1.807, 2.05) is 18.2 Å². The van der Waals surface area contributed by atoms with Crippen LogP contribution in [0.2, 0.25) is 0 Å². The number of rotatable bonds is 40. The van der Waals surface area contributed by atoms with Gasteiger partial charge in [-0.25, -0.2) is 4.57 Å². The maximum Gasteiger partial charge on any atom is 0.472 e. The van der Waals surface area contributed by atoms with Gasteiger partial charge in [-0.2, -0.15) is 0 Å². The number of phosphoric ester groups is 1. The Morgan fingerprint density at radius 3 is 1.72 bits per heavy atom. The van der Waals surface area contributed by atoms with Gasteiger partial charge in [-0.05, 0) is 77.0 Å². The Hall–Kier alpha value is -2.37. The maximum absolute atomic E-state index is 12.6. The number of carbonyl (C=O) groups is 2. The first-order chi connectivity index (χ1) is 27.6. The standard InChI is InChI=1S/C45H80NO10P/c1-3-5-7-9-11-13-15-17-18-19-20-21-23-25-27-29-31-35-44(49)53-39-41(40-55-57(51,52)54-38-37-46)56-45(50)36-32-34-43(48)42(47)33-30-28-26-24-22-16-14-12-10-8-6-4-2/h6,8,12,14,17-18,22,24,28,30,41-43,47-48H,3-5,7,9-11,13,15-16,19-21,23,25-27,29,31-40,46H2,1-2H3,(H,51,52)/b8-6-,14-12-,18-17-,24-22-,30-28-/t41-,42-,43-/m1/s1. The van der Waals surface area contributed by atoms with Crippen molar-refractivity contribution in [3.8, 4) is 0 Å². The number of nitrogens with two attached hydrogens (primary N) is 1. The van der Waals surface area contributed by atoms with E-state index in [1.165, 1.54) is 64.2 Å². The molecule has 57 heavy (non-hydrogen) atoms. The molecule has 0 amide bonds. The van der Waals surface area contributed by atoms with Gasteiger partial charge in [0.2, 0.25) is 0 Å². The summed E-state index contributed by atoms with van der Waals surface area (Å²) in [5.74, 6) is -1.12. The Balaban J connectivity index is 4.40. The number of ether oxygens (including phenoxy) is 2. The van der Waals surface area contributed by atoms with Crippen LogP contribution in [0.15, 0.2) is 60.8 Å². The Kier molecular flexibility index (Phi) is 38.7. The second-order valence-electron chi connectivity index (χ2n) is 14.5. The van der Waals surface area contributed by atoms with Gasteiger partial charge in [-0.3, -0.25) is 18.6 Å². The molecule has 0 heterocycles. The predicted molar refractivity (Wildman–Crippen MR) is 231 cm³/mol. The van der Waals surface area contributed by atoms with Crippen LogP contribution in [0.25, 0.3) is 0 Å². The molecule has 0 saturated heterocycles. The lowest BCUT2D eigenvalue weighted by Crippen LogP contribution is -2.30. The molecule has 0 aliphatic heterocycles. The number of allylic oxidation sites excluding steroid dienone is 9. The van der Waals surface area contributed by atoms with Crippen molar-refractivity contribution in [2.75, 3.05) is 26.4 Å². The molecule has 5 N–H and O–H groups in total. The van der Waals surface area contributed by atoms with E-state index < -0.39 is 44.7 Å². The summed E-state index contributed by atoms with van der Waals surface area (Å²) in [6.07, 6.45) is 39.9. The Morgan fingerprint density at radius 1 is 0.614 bits per heavy atom. The Bertz CT molecular complexity index is 1150. The van der Waals surface area contributed by atoms with Crippen molar-refractivity contribution in [2.45, 2.75) is 186 Å². The van der Waals surface area contributed by atoms with E-state index in [0.29, 0.717) is 6.42 Å². The molecule has 11 nitrogen and oxygen atoms in total. The smallest absolute Gasteiger partial charge is 0.462 e. The summed E-state index contributed by atoms with van der Waals surface area (Å²) in [5, 5.41) is 20.7. The second kappa shape index (κ2) is 40.4. The first-order valence-corrected chi connectivity index (χ1v) is 23.4. The van der Waals surface area contributed by atoms with Crippen molar-refractivity contribution in [2.24, 2.45) is 5.73 Å². The molecule has 0 saturated carbocycles. The quantitative estimate of drug-likeness (QED) is 0.0200. The Morgan fingerprint density at radius 2 is 1.14 bits per heavy atom. The van der Waals surface area contributed by atoms with Crippen LogP contribution >= 0.6 is 7.82 Å². The molecule has 330 valence electrons. The van der Waals surface area contributed by atoms with Gasteiger partial charge in [0.1, 0.15) is 6.61 Å². The van der Waals surface area contributed by atoms with E-state index in [0.717, 1.165) is 51.4 Å². The molecule has 0 aromatic carbocycles. The van der Waals surface area contributed by atoms with Crippen LogP contribution in [-0.4, -0.2) is 71.7 Å². The van der Waals surface area contributed by atoms with Crippen LogP contribution in [0.5, 0.6) is 0 Å². The molecule has 0 aromatic rings. The molecule has 1 unspecified atom stereocenters. The number of unbranched alkanes of at least 4 members (excludes halogenated alkanes) is 13. The first-order valence-electron chi connectivity index (χ1n) is 21.9. The predicted octanol–water partition coefficient (Wildman–Crippen LogP) is 10.4. The fraction of sp³-hybridized carbons (Fsp3) is 0.733. The van der Waals surface area contributed by atoms with Crippen molar-refractivity contribution in [3.05, 3.63) is 60.8 Å². The summed E-state index contributed by atoms with van der Waals surface area (Å²) in [7, 11) is -4.46. The summed E-state index contributed by atoms with van der Waals surface area (Å²) < 4.78 is 32.6. The van der Waals surface area contributed by atoms with Gasteiger partial charge in [0.15, 0.2) is 6.10 Å². The minimum atomic E-state index is -4.46. The molecule has 4 atom stereocenters. The minimum Gasteiger partial charge on any atom is -0.462 e. The zero-order valence-electron chi connectivity index (χ0n) is 35.5. The lowest BCUT2D eigenvalue weighted by atomic mass is 10.0. The zero-order valence-corrected chi connectivity index (χ0v) is 36.4. The van der Waals surface area contributed by atoms with Gasteiger partial charge in [-0.15, -0.1) is 0 Å². The molecule has 0 aliphatic carbocycles. The summed E-state index contributed by atoms with van der Waals surface area (Å²) >= 11 is 0. The summed E-state index contributed by atoms with van der Waals surface area (Å²) in [4.78, 5) is 34.9. The average Bonchev–Trinajstić information content (AvgIpc) is 3.19. The molecule has 12 heteroatoms. The van der Waals surface area contributed by atoms with E-state index in [-0.39, 0.29) is 51.9 Å². The number of aliphatic hydroxyl groups is 2. The third-order valence-electron chi connectivity index (χ3n) is 9.09. The zero-order chi connectivity index (χ0) is 42.1. The molecule has 0 spiro atoms. The number of aliphatic hydroxyl groups excluding tert-OH is 2. The van der Waals surface area contributed by atoms with Crippen molar-refractivity contribution in [3.63, 3.8) is 0 Å². The monoisotopic (exact) mass is 826 g/mol. The largest absolute Gasteiger partial charge is 0.472 e. The van der Waals surface area contributed by atoms with Crippen LogP contribution in [0, 0.1) is 0 Å². The lowest BCUT2D eigenvalue weighted by molar-refractivity contribution is -0.161. The topological polar surface area (TPSA) is 175 Å². The van der Waals surface area contributed by atoms with Crippen molar-refractivity contribution >= 4 is 19.8 Å². The molecule has 0 bridgehead atoms. The minimum absolute atomic E-state index is 0.00489. The van der Waals surface area contributed by atoms with Crippen LogP contribution < -0.4 is 5.73 Å². The van der Waals surface area contributed by atoms with Crippen LogP contribution in [-0.2, 0) is 32.7 Å². The highest BCUT2D eigenvalue weighted by molar-refractivity contribution is 7.47. The number of esters is 2.